The lowest BCUT2D eigenvalue weighted by molar-refractivity contribution is 0.463. The Bertz CT molecular complexity index is 550. The standard InChI is InChI=1S/C14H21N3O2S/c1-4-12(10-15)20(18,19)17-14(9-11(2)3)13-7-5-6-8-16-13/h5-8,11-12,14,17H,4,9H2,1-3H3. The van der Waals surface area contributed by atoms with Gasteiger partial charge in [-0.25, -0.2) is 13.1 Å². The monoisotopic (exact) mass is 295 g/mol. The van der Waals surface area contributed by atoms with Crippen LogP contribution in [0.4, 0.5) is 0 Å². The first-order chi connectivity index (χ1) is 9.40. The number of nitriles is 1. The molecule has 2 atom stereocenters. The number of rotatable bonds is 7. The quantitative estimate of drug-likeness (QED) is 0.837. The Morgan fingerprint density at radius 1 is 1.40 bits per heavy atom. The van der Waals surface area contributed by atoms with Gasteiger partial charge in [-0.2, -0.15) is 5.26 Å². The van der Waals surface area contributed by atoms with Gasteiger partial charge in [-0.15, -0.1) is 0 Å². The number of aromatic nitrogens is 1. The molecule has 1 aromatic rings. The molecule has 2 unspecified atom stereocenters. The summed E-state index contributed by atoms with van der Waals surface area (Å²) in [5.74, 6) is 0.312. The maximum Gasteiger partial charge on any atom is 0.228 e. The molecule has 1 N–H and O–H groups in total. The van der Waals surface area contributed by atoms with Crippen LogP contribution in [0.25, 0.3) is 0 Å². The van der Waals surface area contributed by atoms with Crippen molar-refractivity contribution in [3.8, 4) is 6.07 Å². The van der Waals surface area contributed by atoms with E-state index >= 15 is 0 Å². The van der Waals surface area contributed by atoms with Crippen LogP contribution in [0.2, 0.25) is 0 Å². The topological polar surface area (TPSA) is 82.8 Å². The summed E-state index contributed by atoms with van der Waals surface area (Å²) in [5, 5.41) is 7.92. The SMILES string of the molecule is CCC(C#N)S(=O)(=O)NC(CC(C)C)c1ccccn1. The number of pyridine rings is 1. The largest absolute Gasteiger partial charge is 0.260 e. The minimum absolute atomic E-state index is 0.266. The predicted molar refractivity (Wildman–Crippen MR) is 78.2 cm³/mol. The summed E-state index contributed by atoms with van der Waals surface area (Å²) < 4.78 is 27.0. The number of hydrogen-bond donors (Lipinski definition) is 1. The zero-order valence-corrected chi connectivity index (χ0v) is 12.9. The van der Waals surface area contributed by atoms with Gasteiger partial charge in [0, 0.05) is 6.20 Å². The van der Waals surface area contributed by atoms with Crippen molar-refractivity contribution in [2.75, 3.05) is 0 Å². The molecule has 1 aromatic heterocycles. The van der Waals surface area contributed by atoms with Gasteiger partial charge in [0.25, 0.3) is 0 Å². The molecule has 1 rings (SSSR count). The highest BCUT2D eigenvalue weighted by molar-refractivity contribution is 7.90. The second-order valence-corrected chi connectivity index (χ2v) is 7.02. The van der Waals surface area contributed by atoms with E-state index in [0.29, 0.717) is 18.0 Å². The minimum atomic E-state index is -3.67. The Morgan fingerprint density at radius 2 is 2.10 bits per heavy atom. The molecule has 0 aliphatic carbocycles. The van der Waals surface area contributed by atoms with E-state index in [0.717, 1.165) is 0 Å². The third-order valence-corrected chi connectivity index (χ3v) is 4.75. The highest BCUT2D eigenvalue weighted by atomic mass is 32.2. The van der Waals surface area contributed by atoms with E-state index in [1.54, 1.807) is 25.3 Å². The van der Waals surface area contributed by atoms with E-state index in [1.165, 1.54) is 0 Å². The van der Waals surface area contributed by atoms with E-state index in [2.05, 4.69) is 9.71 Å². The van der Waals surface area contributed by atoms with Gasteiger partial charge in [0.2, 0.25) is 10.0 Å². The molecule has 0 fully saturated rings. The predicted octanol–water partition coefficient (Wildman–Crippen LogP) is 2.39. The molecule has 0 aliphatic heterocycles. The Labute approximate surface area is 121 Å². The van der Waals surface area contributed by atoms with Crippen molar-refractivity contribution >= 4 is 10.0 Å². The number of nitrogens with zero attached hydrogens (tertiary/aromatic N) is 2. The lowest BCUT2D eigenvalue weighted by Gasteiger charge is -2.21. The van der Waals surface area contributed by atoms with E-state index in [1.807, 2.05) is 26.0 Å². The fraction of sp³-hybridized carbons (Fsp3) is 0.571. The molecule has 1 heterocycles. The van der Waals surface area contributed by atoms with Crippen LogP contribution in [0.1, 0.15) is 45.3 Å². The van der Waals surface area contributed by atoms with E-state index in [9.17, 15) is 8.42 Å². The van der Waals surface area contributed by atoms with Gasteiger partial charge in [0.05, 0.1) is 17.8 Å². The average Bonchev–Trinajstić information content (AvgIpc) is 2.39. The van der Waals surface area contributed by atoms with E-state index in [4.69, 9.17) is 5.26 Å². The first-order valence-electron chi connectivity index (χ1n) is 6.72. The van der Waals surface area contributed by atoms with Gasteiger partial charge in [-0.05, 0) is 30.9 Å². The highest BCUT2D eigenvalue weighted by Gasteiger charge is 2.28. The lowest BCUT2D eigenvalue weighted by atomic mass is 10.0. The minimum Gasteiger partial charge on any atom is -0.260 e. The fourth-order valence-electron chi connectivity index (χ4n) is 1.94. The molecule has 0 aromatic carbocycles. The molecule has 0 saturated carbocycles. The molecule has 0 spiro atoms. The molecular formula is C14H21N3O2S. The molecular weight excluding hydrogens is 274 g/mol. The summed E-state index contributed by atoms with van der Waals surface area (Å²) in [6.45, 7) is 5.73. The molecule has 0 amide bonds. The molecule has 0 aliphatic rings. The summed E-state index contributed by atoms with van der Waals surface area (Å²) in [7, 11) is -3.67. The Balaban J connectivity index is 3.00. The Kier molecular flexibility index (Phi) is 6.11. The third kappa shape index (κ3) is 4.58. The van der Waals surface area contributed by atoms with Crippen molar-refractivity contribution in [2.45, 2.75) is 44.9 Å². The maximum absolute atomic E-state index is 12.2. The molecule has 0 radical (unpaired) electrons. The lowest BCUT2D eigenvalue weighted by Crippen LogP contribution is -2.36. The molecule has 5 nitrogen and oxygen atoms in total. The summed E-state index contributed by atoms with van der Waals surface area (Å²) in [5.41, 5.74) is 0.678. The van der Waals surface area contributed by atoms with Gasteiger partial charge in [-0.3, -0.25) is 4.98 Å². The Morgan fingerprint density at radius 3 is 2.55 bits per heavy atom. The van der Waals surface area contributed by atoms with Crippen LogP contribution in [-0.4, -0.2) is 18.7 Å². The fourth-order valence-corrected chi connectivity index (χ4v) is 3.30. The second kappa shape index (κ2) is 7.36. The zero-order chi connectivity index (χ0) is 15.2. The molecule has 0 saturated heterocycles. The first kappa shape index (κ1) is 16.6. The summed E-state index contributed by atoms with van der Waals surface area (Å²) in [4.78, 5) is 4.22. The molecule has 6 heteroatoms. The van der Waals surface area contributed by atoms with Crippen molar-refractivity contribution < 1.29 is 8.42 Å². The summed E-state index contributed by atoms with van der Waals surface area (Å²) >= 11 is 0. The number of hydrogen-bond acceptors (Lipinski definition) is 4. The van der Waals surface area contributed by atoms with Gasteiger partial charge in [0.1, 0.15) is 0 Å². The number of sulfonamides is 1. The first-order valence-corrected chi connectivity index (χ1v) is 8.27. The van der Waals surface area contributed by atoms with E-state index in [-0.39, 0.29) is 6.42 Å². The van der Waals surface area contributed by atoms with Crippen LogP contribution in [-0.2, 0) is 10.0 Å². The van der Waals surface area contributed by atoms with Crippen molar-refractivity contribution in [3.63, 3.8) is 0 Å². The van der Waals surface area contributed by atoms with Gasteiger partial charge in [-0.1, -0.05) is 26.8 Å². The van der Waals surface area contributed by atoms with Crippen molar-refractivity contribution in [1.82, 2.24) is 9.71 Å². The van der Waals surface area contributed by atoms with Crippen LogP contribution >= 0.6 is 0 Å². The van der Waals surface area contributed by atoms with Gasteiger partial charge >= 0.3 is 0 Å². The van der Waals surface area contributed by atoms with Gasteiger partial charge < -0.3 is 0 Å². The van der Waals surface area contributed by atoms with Crippen LogP contribution in [0.5, 0.6) is 0 Å². The Hall–Kier alpha value is -1.45. The molecule has 20 heavy (non-hydrogen) atoms. The average molecular weight is 295 g/mol. The number of nitrogens with one attached hydrogen (secondary N) is 1. The maximum atomic E-state index is 12.2. The zero-order valence-electron chi connectivity index (χ0n) is 12.1. The van der Waals surface area contributed by atoms with Crippen molar-refractivity contribution in [1.29, 1.82) is 5.26 Å². The van der Waals surface area contributed by atoms with E-state index < -0.39 is 21.3 Å². The van der Waals surface area contributed by atoms with Crippen molar-refractivity contribution in [2.24, 2.45) is 5.92 Å². The molecule has 110 valence electrons. The van der Waals surface area contributed by atoms with Crippen LogP contribution in [0.3, 0.4) is 0 Å². The smallest absolute Gasteiger partial charge is 0.228 e. The summed E-state index contributed by atoms with van der Waals surface area (Å²) in [6.07, 6.45) is 2.54. The van der Waals surface area contributed by atoms with Crippen LogP contribution in [0.15, 0.2) is 24.4 Å². The second-order valence-electron chi connectivity index (χ2n) is 5.13. The van der Waals surface area contributed by atoms with Gasteiger partial charge in [0.15, 0.2) is 5.25 Å². The normalized spacial score (nSPS) is 14.8. The summed E-state index contributed by atoms with van der Waals surface area (Å²) in [6, 6.07) is 6.84. The third-order valence-electron chi connectivity index (χ3n) is 2.95. The molecule has 0 bridgehead atoms. The highest BCUT2D eigenvalue weighted by Crippen LogP contribution is 2.21. The van der Waals surface area contributed by atoms with Crippen LogP contribution in [0, 0.1) is 17.2 Å². The van der Waals surface area contributed by atoms with Crippen LogP contribution < -0.4 is 4.72 Å². The van der Waals surface area contributed by atoms with Crippen molar-refractivity contribution in [3.05, 3.63) is 30.1 Å².